The summed E-state index contributed by atoms with van der Waals surface area (Å²) in [5, 5.41) is 12.9. The molecule has 0 atom stereocenters. The molecule has 4 nitrogen and oxygen atoms in total. The number of carboxylic acids is 1. The average molecular weight is 374 g/mol. The number of aromatic carboxylic acids is 1. The van der Waals surface area contributed by atoms with Gasteiger partial charge in [-0.2, -0.15) is 0 Å². The highest BCUT2D eigenvalue weighted by Gasteiger charge is 2.12. The summed E-state index contributed by atoms with van der Waals surface area (Å²) in [6, 6.07) is 9.40. The summed E-state index contributed by atoms with van der Waals surface area (Å²) >= 11 is 1.21. The molecule has 26 heavy (non-hydrogen) atoms. The number of aromatic nitrogens is 1. The lowest BCUT2D eigenvalue weighted by Crippen LogP contribution is -2.22. The van der Waals surface area contributed by atoms with Crippen molar-refractivity contribution in [3.8, 4) is 5.75 Å². The molecule has 0 aliphatic carbocycles. The number of thiazole rings is 1. The number of carbonyl (C=O) groups is 1. The number of benzene rings is 2. The first-order chi connectivity index (χ1) is 12.4. The second kappa shape index (κ2) is 7.61. The average Bonchev–Trinajstić information content (AvgIpc) is 3.06. The maximum atomic E-state index is 13.8. The maximum absolute atomic E-state index is 13.8. The minimum atomic E-state index is -1.32. The highest BCUT2D eigenvalue weighted by atomic mass is 32.1. The van der Waals surface area contributed by atoms with Crippen LogP contribution >= 0.6 is 11.3 Å². The quantitative estimate of drug-likeness (QED) is 0.664. The van der Waals surface area contributed by atoms with Gasteiger partial charge in [0, 0.05) is 22.9 Å². The predicted molar refractivity (Wildman–Crippen MR) is 91.1 cm³/mol. The fourth-order valence-corrected chi connectivity index (χ4v) is 3.24. The van der Waals surface area contributed by atoms with Crippen LogP contribution in [0.15, 0.2) is 41.8 Å². The molecule has 7 heteroatoms. The number of hydrogen-bond donors (Lipinski definition) is 0. The van der Waals surface area contributed by atoms with E-state index >= 15 is 0 Å². The molecule has 0 saturated carbocycles. The van der Waals surface area contributed by atoms with Gasteiger partial charge in [-0.3, -0.25) is 0 Å². The molecule has 1 aromatic heterocycles. The first kappa shape index (κ1) is 18.0. The number of rotatable bonds is 6. The minimum absolute atomic E-state index is 0.109. The zero-order valence-corrected chi connectivity index (χ0v) is 14.6. The zero-order chi connectivity index (χ0) is 18.7. The van der Waals surface area contributed by atoms with E-state index in [0.29, 0.717) is 17.2 Å². The van der Waals surface area contributed by atoms with Crippen LogP contribution in [-0.2, 0) is 13.0 Å². The Morgan fingerprint density at radius 2 is 2.04 bits per heavy atom. The van der Waals surface area contributed by atoms with Gasteiger partial charge >= 0.3 is 0 Å². The largest absolute Gasteiger partial charge is 0.543 e. The molecule has 0 aliphatic rings. The van der Waals surface area contributed by atoms with E-state index in [9.17, 15) is 18.7 Å². The van der Waals surface area contributed by atoms with Crippen molar-refractivity contribution in [3.05, 3.63) is 80.8 Å². The molecule has 3 aromatic rings. The first-order valence-electron chi connectivity index (χ1n) is 7.75. The summed E-state index contributed by atoms with van der Waals surface area (Å²) in [4.78, 5) is 14.9. The molecule has 134 valence electrons. The number of aryl methyl sites for hydroxylation is 1. The Bertz CT molecular complexity index is 956. The fraction of sp³-hybridized carbons (Fsp3) is 0.158. The highest BCUT2D eigenvalue weighted by Crippen LogP contribution is 2.26. The van der Waals surface area contributed by atoms with Crippen LogP contribution in [0.1, 0.15) is 32.2 Å². The molecule has 0 fully saturated rings. The van der Waals surface area contributed by atoms with E-state index < -0.39 is 17.6 Å². The van der Waals surface area contributed by atoms with Crippen LogP contribution in [-0.4, -0.2) is 11.0 Å². The third-order valence-corrected chi connectivity index (χ3v) is 4.58. The van der Waals surface area contributed by atoms with Crippen LogP contribution in [0.2, 0.25) is 0 Å². The van der Waals surface area contributed by atoms with Crippen molar-refractivity contribution in [3.63, 3.8) is 0 Å². The van der Waals surface area contributed by atoms with Gasteiger partial charge in [0.25, 0.3) is 0 Å². The molecule has 0 radical (unpaired) electrons. The molecule has 0 saturated heterocycles. The monoisotopic (exact) mass is 374 g/mol. The van der Waals surface area contributed by atoms with Crippen LogP contribution in [0.25, 0.3) is 0 Å². The van der Waals surface area contributed by atoms with Gasteiger partial charge in [-0.15, -0.1) is 11.3 Å². The number of halogens is 2. The third kappa shape index (κ3) is 4.05. The second-order valence-electron chi connectivity index (χ2n) is 5.70. The molecule has 0 unspecified atom stereocenters. The molecule has 0 amide bonds. The molecule has 0 aliphatic heterocycles. The van der Waals surface area contributed by atoms with Crippen LogP contribution in [0.3, 0.4) is 0 Å². The number of hydrogen-bond acceptors (Lipinski definition) is 5. The summed E-state index contributed by atoms with van der Waals surface area (Å²) in [5.41, 5.74) is 1.77. The number of carbonyl (C=O) groups excluding carboxylic acids is 1. The van der Waals surface area contributed by atoms with Crippen molar-refractivity contribution in [1.82, 2.24) is 4.98 Å². The Balaban J connectivity index is 1.81. The number of ether oxygens (including phenoxy) is 1. The van der Waals surface area contributed by atoms with Crippen molar-refractivity contribution in [2.45, 2.75) is 20.0 Å². The lowest BCUT2D eigenvalue weighted by Gasteiger charge is -2.12. The minimum Gasteiger partial charge on any atom is -0.543 e. The molecule has 3 rings (SSSR count). The summed E-state index contributed by atoms with van der Waals surface area (Å²) in [5.74, 6) is -2.67. The van der Waals surface area contributed by atoms with E-state index in [1.807, 2.05) is 19.1 Å². The van der Waals surface area contributed by atoms with Crippen LogP contribution in [0.5, 0.6) is 5.75 Å². The Labute approximate surface area is 152 Å². The van der Waals surface area contributed by atoms with Gasteiger partial charge in [-0.05, 0) is 19.1 Å². The van der Waals surface area contributed by atoms with Gasteiger partial charge in [0.05, 0.1) is 16.7 Å². The predicted octanol–water partition coefficient (Wildman–Crippen LogP) is 3.26. The van der Waals surface area contributed by atoms with Crippen molar-refractivity contribution < 1.29 is 23.4 Å². The number of carboxylic acid groups (broad SMARTS) is 1. The molecule has 0 spiro atoms. The van der Waals surface area contributed by atoms with Gasteiger partial charge in [0.15, 0.2) is 11.6 Å². The molecule has 1 heterocycles. The fourth-order valence-electron chi connectivity index (χ4n) is 2.45. The molecular weight excluding hydrogens is 360 g/mol. The van der Waals surface area contributed by atoms with E-state index in [-0.39, 0.29) is 17.9 Å². The van der Waals surface area contributed by atoms with Gasteiger partial charge in [0.2, 0.25) is 0 Å². The summed E-state index contributed by atoms with van der Waals surface area (Å²) in [6.07, 6.45) is 0.362. The molecule has 0 bridgehead atoms. The molecule has 0 N–H and O–H groups in total. The van der Waals surface area contributed by atoms with Gasteiger partial charge in [0.1, 0.15) is 12.4 Å². The SMILES string of the molecule is Cc1ccc(OCc2cccc(F)c2F)c(Cc2nc(C(=O)[O-])cs2)c1. The highest BCUT2D eigenvalue weighted by molar-refractivity contribution is 7.09. The van der Waals surface area contributed by atoms with E-state index in [4.69, 9.17) is 4.74 Å². The van der Waals surface area contributed by atoms with Gasteiger partial charge < -0.3 is 14.6 Å². The summed E-state index contributed by atoms with van der Waals surface area (Å²) in [6.45, 7) is 1.79. The topological polar surface area (TPSA) is 62.2 Å². The Hall–Kier alpha value is -2.80. The van der Waals surface area contributed by atoms with Gasteiger partial charge in [-0.25, -0.2) is 13.8 Å². The molecular formula is C19H14F2NO3S-. The third-order valence-electron chi connectivity index (χ3n) is 3.73. The zero-order valence-electron chi connectivity index (χ0n) is 13.8. The van der Waals surface area contributed by atoms with E-state index in [0.717, 1.165) is 17.2 Å². The second-order valence-corrected chi connectivity index (χ2v) is 6.65. The summed E-state index contributed by atoms with van der Waals surface area (Å²) in [7, 11) is 0. The maximum Gasteiger partial charge on any atom is 0.165 e. The van der Waals surface area contributed by atoms with E-state index in [2.05, 4.69) is 4.98 Å². The normalized spacial score (nSPS) is 10.7. The Morgan fingerprint density at radius 3 is 2.77 bits per heavy atom. The van der Waals surface area contributed by atoms with Crippen LogP contribution < -0.4 is 9.84 Å². The standard InChI is InChI=1S/C19H15F2NO3S/c1-11-5-6-16(25-9-12-3-2-4-14(20)18(12)21)13(7-11)8-17-22-15(10-26-17)19(23)24/h2-7,10H,8-9H2,1H3,(H,23,24)/p-1. The van der Waals surface area contributed by atoms with Gasteiger partial charge in [-0.1, -0.05) is 29.8 Å². The van der Waals surface area contributed by atoms with Crippen molar-refractivity contribution >= 4 is 17.3 Å². The van der Waals surface area contributed by atoms with Crippen molar-refractivity contribution in [2.75, 3.05) is 0 Å². The smallest absolute Gasteiger partial charge is 0.165 e. The molecule has 2 aromatic carbocycles. The summed E-state index contributed by atoms with van der Waals surface area (Å²) < 4.78 is 32.8. The van der Waals surface area contributed by atoms with Crippen LogP contribution in [0, 0.1) is 18.6 Å². The van der Waals surface area contributed by atoms with Crippen molar-refractivity contribution in [2.24, 2.45) is 0 Å². The first-order valence-corrected chi connectivity index (χ1v) is 8.63. The van der Waals surface area contributed by atoms with Crippen molar-refractivity contribution in [1.29, 1.82) is 0 Å². The van der Waals surface area contributed by atoms with Crippen LogP contribution in [0.4, 0.5) is 8.78 Å². The number of nitrogens with zero attached hydrogens (tertiary/aromatic N) is 1. The Morgan fingerprint density at radius 1 is 1.23 bits per heavy atom. The lowest BCUT2D eigenvalue weighted by molar-refractivity contribution is -0.255. The van der Waals surface area contributed by atoms with E-state index in [1.54, 1.807) is 6.07 Å². The Kier molecular flexibility index (Phi) is 5.27. The lowest BCUT2D eigenvalue weighted by atomic mass is 10.1. The van der Waals surface area contributed by atoms with E-state index in [1.165, 1.54) is 28.8 Å².